The van der Waals surface area contributed by atoms with Crippen molar-refractivity contribution in [1.29, 1.82) is 0 Å². The van der Waals surface area contributed by atoms with Gasteiger partial charge in [0.05, 0.1) is 0 Å². The molecule has 0 atom stereocenters. The Labute approximate surface area is 88.0 Å². The van der Waals surface area contributed by atoms with Crippen LogP contribution in [-0.2, 0) is 4.79 Å². The molecule has 0 aromatic rings. The number of carbonyl (C=O) groups excluding carboxylic acids is 1. The number of carboxylic acid groups (broad SMARTS) is 1. The zero-order valence-corrected chi connectivity index (χ0v) is 8.69. The topological polar surface area (TPSA) is 84.9 Å². The Kier molecular flexibility index (Phi) is 4.32. The van der Waals surface area contributed by atoms with Crippen molar-refractivity contribution in [2.75, 3.05) is 39.8 Å². The van der Waals surface area contributed by atoms with E-state index in [0.717, 1.165) is 26.2 Å². The molecule has 0 unspecified atom stereocenters. The summed E-state index contributed by atoms with van der Waals surface area (Å²) in [5.41, 5.74) is 2.59. The molecule has 1 fully saturated rings. The highest BCUT2D eigenvalue weighted by atomic mass is 16.4. The van der Waals surface area contributed by atoms with Gasteiger partial charge in [0.15, 0.2) is 0 Å². The van der Waals surface area contributed by atoms with Gasteiger partial charge >= 0.3 is 12.0 Å². The molecule has 15 heavy (non-hydrogen) atoms. The molecule has 1 saturated heterocycles. The number of hydrogen-bond acceptors (Lipinski definition) is 4. The first-order valence-corrected chi connectivity index (χ1v) is 4.77. The lowest BCUT2D eigenvalue weighted by atomic mass is 10.4. The van der Waals surface area contributed by atoms with Crippen LogP contribution in [0.15, 0.2) is 0 Å². The number of hydrogen-bond donors (Lipinski definition) is 3. The van der Waals surface area contributed by atoms with E-state index in [9.17, 15) is 9.59 Å². The van der Waals surface area contributed by atoms with Crippen molar-refractivity contribution in [3.63, 3.8) is 0 Å². The number of carboxylic acids is 1. The standard InChI is InChI=1S/C8H16N4O3/c1-11-2-4-12(5-3-11)10-8(15)9-6-7(13)14/h2-6H2,1H3,(H,13,14)(H2,9,10,15). The van der Waals surface area contributed by atoms with Gasteiger partial charge < -0.3 is 15.3 Å². The van der Waals surface area contributed by atoms with Gasteiger partial charge in [-0.05, 0) is 7.05 Å². The minimum absolute atomic E-state index is 0.362. The number of urea groups is 1. The predicted octanol–water partition coefficient (Wildman–Crippen LogP) is -1.47. The molecular formula is C8H16N4O3. The fourth-order valence-electron chi connectivity index (χ4n) is 1.26. The summed E-state index contributed by atoms with van der Waals surface area (Å²) >= 11 is 0. The van der Waals surface area contributed by atoms with Gasteiger partial charge in [0.1, 0.15) is 6.54 Å². The Morgan fingerprint density at radius 3 is 2.40 bits per heavy atom. The number of piperazine rings is 1. The molecule has 7 nitrogen and oxygen atoms in total. The predicted molar refractivity (Wildman–Crippen MR) is 53.2 cm³/mol. The summed E-state index contributed by atoms with van der Waals surface area (Å²) in [6.07, 6.45) is 0. The van der Waals surface area contributed by atoms with E-state index in [1.165, 1.54) is 0 Å². The van der Waals surface area contributed by atoms with E-state index < -0.39 is 12.0 Å². The quantitative estimate of drug-likeness (QED) is 0.536. The summed E-state index contributed by atoms with van der Waals surface area (Å²) in [6.45, 7) is 2.91. The van der Waals surface area contributed by atoms with Crippen LogP contribution in [0.2, 0.25) is 0 Å². The van der Waals surface area contributed by atoms with Crippen LogP contribution in [0.5, 0.6) is 0 Å². The summed E-state index contributed by atoms with van der Waals surface area (Å²) in [7, 11) is 2.02. The van der Waals surface area contributed by atoms with E-state index in [4.69, 9.17) is 5.11 Å². The fourth-order valence-corrected chi connectivity index (χ4v) is 1.26. The highest BCUT2D eigenvalue weighted by Gasteiger charge is 2.15. The molecule has 0 aliphatic carbocycles. The number of amides is 2. The molecular weight excluding hydrogens is 200 g/mol. The molecule has 0 aromatic carbocycles. The van der Waals surface area contributed by atoms with Crippen molar-refractivity contribution < 1.29 is 14.7 Å². The first-order valence-electron chi connectivity index (χ1n) is 4.77. The first-order chi connectivity index (χ1) is 7.08. The largest absolute Gasteiger partial charge is 0.480 e. The molecule has 0 radical (unpaired) electrons. The second-order valence-corrected chi connectivity index (χ2v) is 3.48. The lowest BCUT2D eigenvalue weighted by Gasteiger charge is -2.32. The monoisotopic (exact) mass is 216 g/mol. The summed E-state index contributed by atoms with van der Waals surface area (Å²) in [4.78, 5) is 23.5. The van der Waals surface area contributed by atoms with Crippen LogP contribution in [0, 0.1) is 0 Å². The van der Waals surface area contributed by atoms with E-state index in [-0.39, 0.29) is 6.54 Å². The second kappa shape index (κ2) is 5.52. The molecule has 0 saturated carbocycles. The molecule has 0 bridgehead atoms. The summed E-state index contributed by atoms with van der Waals surface area (Å²) < 4.78 is 0. The third-order valence-corrected chi connectivity index (χ3v) is 2.16. The van der Waals surface area contributed by atoms with E-state index in [1.54, 1.807) is 5.01 Å². The van der Waals surface area contributed by atoms with Crippen LogP contribution in [0.4, 0.5) is 4.79 Å². The molecule has 2 amide bonds. The van der Waals surface area contributed by atoms with Gasteiger partial charge in [0.2, 0.25) is 0 Å². The fraction of sp³-hybridized carbons (Fsp3) is 0.750. The second-order valence-electron chi connectivity index (χ2n) is 3.48. The maximum absolute atomic E-state index is 11.2. The summed E-state index contributed by atoms with van der Waals surface area (Å²) in [5, 5.41) is 12.4. The Hall–Kier alpha value is -1.34. The van der Waals surface area contributed by atoms with Gasteiger partial charge in [0, 0.05) is 26.2 Å². The SMILES string of the molecule is CN1CCN(NC(=O)NCC(=O)O)CC1. The van der Waals surface area contributed by atoms with Gasteiger partial charge in [-0.2, -0.15) is 0 Å². The third-order valence-electron chi connectivity index (χ3n) is 2.16. The Morgan fingerprint density at radius 2 is 1.87 bits per heavy atom. The average molecular weight is 216 g/mol. The van der Waals surface area contributed by atoms with E-state index >= 15 is 0 Å². The van der Waals surface area contributed by atoms with Crippen molar-refractivity contribution in [2.24, 2.45) is 0 Å². The van der Waals surface area contributed by atoms with Gasteiger partial charge in [-0.1, -0.05) is 0 Å². The average Bonchev–Trinajstić information content (AvgIpc) is 2.19. The van der Waals surface area contributed by atoms with Crippen LogP contribution in [0.1, 0.15) is 0 Å². The Balaban J connectivity index is 2.17. The van der Waals surface area contributed by atoms with E-state index in [2.05, 4.69) is 15.6 Å². The molecule has 7 heteroatoms. The number of nitrogens with one attached hydrogen (secondary N) is 2. The molecule has 86 valence electrons. The van der Waals surface area contributed by atoms with Crippen LogP contribution >= 0.6 is 0 Å². The molecule has 0 aromatic heterocycles. The minimum atomic E-state index is -1.05. The van der Waals surface area contributed by atoms with Crippen molar-refractivity contribution >= 4 is 12.0 Å². The lowest BCUT2D eigenvalue weighted by molar-refractivity contribution is -0.135. The van der Waals surface area contributed by atoms with Crippen molar-refractivity contribution in [3.05, 3.63) is 0 Å². The minimum Gasteiger partial charge on any atom is -0.480 e. The molecule has 1 rings (SSSR count). The molecule has 3 N–H and O–H groups in total. The first kappa shape index (κ1) is 11.7. The maximum atomic E-state index is 11.2. The van der Waals surface area contributed by atoms with Gasteiger partial charge in [-0.15, -0.1) is 0 Å². The van der Waals surface area contributed by atoms with Crippen LogP contribution in [-0.4, -0.2) is 66.8 Å². The molecule has 1 heterocycles. The number of hydrazine groups is 1. The van der Waals surface area contributed by atoms with Gasteiger partial charge in [-0.25, -0.2) is 9.80 Å². The zero-order valence-electron chi connectivity index (χ0n) is 8.69. The van der Waals surface area contributed by atoms with E-state index in [1.807, 2.05) is 7.05 Å². The Morgan fingerprint density at radius 1 is 1.27 bits per heavy atom. The van der Waals surface area contributed by atoms with Crippen LogP contribution < -0.4 is 10.7 Å². The highest BCUT2D eigenvalue weighted by molar-refractivity contribution is 5.79. The molecule has 1 aliphatic rings. The van der Waals surface area contributed by atoms with Crippen molar-refractivity contribution in [2.45, 2.75) is 0 Å². The third kappa shape index (κ3) is 4.61. The van der Waals surface area contributed by atoms with Crippen molar-refractivity contribution in [1.82, 2.24) is 20.7 Å². The zero-order chi connectivity index (χ0) is 11.3. The number of carbonyl (C=O) groups is 2. The lowest BCUT2D eigenvalue weighted by Crippen LogP contribution is -2.55. The van der Waals surface area contributed by atoms with Crippen LogP contribution in [0.3, 0.4) is 0 Å². The Bertz CT molecular complexity index is 238. The number of rotatable bonds is 3. The number of likely N-dealkylation sites (N-methyl/N-ethyl adjacent to an activating group) is 1. The van der Waals surface area contributed by atoms with Crippen LogP contribution in [0.25, 0.3) is 0 Å². The van der Waals surface area contributed by atoms with Gasteiger partial charge in [0.25, 0.3) is 0 Å². The molecule has 1 aliphatic heterocycles. The smallest absolute Gasteiger partial charge is 0.329 e. The summed E-state index contributed by atoms with van der Waals surface area (Å²) in [6, 6.07) is -0.470. The number of aliphatic carboxylic acids is 1. The molecule has 0 spiro atoms. The van der Waals surface area contributed by atoms with E-state index in [0.29, 0.717) is 0 Å². The van der Waals surface area contributed by atoms with Gasteiger partial charge in [-0.3, -0.25) is 10.2 Å². The maximum Gasteiger partial charge on any atom is 0.329 e. The summed E-state index contributed by atoms with van der Waals surface area (Å²) in [5.74, 6) is -1.05. The normalized spacial score (nSPS) is 18.5. The highest BCUT2D eigenvalue weighted by Crippen LogP contribution is 1.94. The number of nitrogens with zero attached hydrogens (tertiary/aromatic N) is 2. The van der Waals surface area contributed by atoms with Crippen molar-refractivity contribution in [3.8, 4) is 0 Å².